The summed E-state index contributed by atoms with van der Waals surface area (Å²) in [5.41, 5.74) is 0. The number of aliphatic carboxylic acids is 1. The van der Waals surface area contributed by atoms with E-state index in [1.807, 2.05) is 4.90 Å². The van der Waals surface area contributed by atoms with Crippen molar-refractivity contribution in [2.24, 2.45) is 5.92 Å². The van der Waals surface area contributed by atoms with Crippen LogP contribution in [0.3, 0.4) is 0 Å². The first-order chi connectivity index (χ1) is 7.58. The average Bonchev–Trinajstić information content (AvgIpc) is 3.06. The van der Waals surface area contributed by atoms with Crippen molar-refractivity contribution in [3.8, 4) is 0 Å². The first-order valence-electron chi connectivity index (χ1n) is 5.88. The van der Waals surface area contributed by atoms with Gasteiger partial charge in [-0.3, -0.25) is 4.79 Å². The van der Waals surface area contributed by atoms with Crippen molar-refractivity contribution < 1.29 is 14.7 Å². The van der Waals surface area contributed by atoms with Gasteiger partial charge in [-0.25, -0.2) is 4.79 Å². The summed E-state index contributed by atoms with van der Waals surface area (Å²) in [4.78, 5) is 24.3. The largest absolute Gasteiger partial charge is 0.480 e. The van der Waals surface area contributed by atoms with Crippen molar-refractivity contribution in [3.63, 3.8) is 0 Å². The van der Waals surface area contributed by atoms with E-state index in [-0.39, 0.29) is 6.03 Å². The molecule has 2 N–H and O–H groups in total. The molecule has 0 heterocycles. The Bertz CT molecular complexity index is 298. The highest BCUT2D eigenvalue weighted by atomic mass is 16.4. The molecule has 2 fully saturated rings. The summed E-state index contributed by atoms with van der Waals surface area (Å²) in [6.45, 7) is 2.28. The van der Waals surface area contributed by atoms with E-state index in [9.17, 15) is 9.59 Å². The number of amides is 2. The lowest BCUT2D eigenvalue weighted by Gasteiger charge is -2.23. The fourth-order valence-corrected chi connectivity index (χ4v) is 1.69. The van der Waals surface area contributed by atoms with E-state index in [4.69, 9.17) is 5.11 Å². The van der Waals surface area contributed by atoms with Crippen LogP contribution >= 0.6 is 0 Å². The van der Waals surface area contributed by atoms with E-state index in [0.29, 0.717) is 12.0 Å². The minimum Gasteiger partial charge on any atom is -0.480 e. The molecule has 0 unspecified atom stereocenters. The van der Waals surface area contributed by atoms with Gasteiger partial charge in [0.25, 0.3) is 0 Å². The predicted octanol–water partition coefficient (Wildman–Crippen LogP) is 1.04. The molecule has 90 valence electrons. The lowest BCUT2D eigenvalue weighted by Crippen LogP contribution is -2.48. The second-order valence-electron chi connectivity index (χ2n) is 4.84. The quantitative estimate of drug-likeness (QED) is 0.736. The lowest BCUT2D eigenvalue weighted by molar-refractivity contribution is -0.138. The normalized spacial score (nSPS) is 21.3. The van der Waals surface area contributed by atoms with Gasteiger partial charge in [-0.2, -0.15) is 0 Å². The van der Waals surface area contributed by atoms with Crippen molar-refractivity contribution in [1.82, 2.24) is 10.2 Å². The average molecular weight is 226 g/mol. The smallest absolute Gasteiger partial charge is 0.325 e. The first-order valence-corrected chi connectivity index (χ1v) is 5.88. The van der Waals surface area contributed by atoms with E-state index < -0.39 is 12.0 Å². The number of rotatable bonds is 5. The van der Waals surface area contributed by atoms with E-state index >= 15 is 0 Å². The van der Waals surface area contributed by atoms with Gasteiger partial charge >= 0.3 is 12.0 Å². The number of carbonyl (C=O) groups excluding carboxylic acids is 1. The summed E-state index contributed by atoms with van der Waals surface area (Å²) in [5, 5.41) is 11.2. The summed E-state index contributed by atoms with van der Waals surface area (Å²) in [7, 11) is 0. The van der Waals surface area contributed by atoms with Gasteiger partial charge in [-0.1, -0.05) is 0 Å². The van der Waals surface area contributed by atoms with Crippen LogP contribution in [0, 0.1) is 5.92 Å². The number of carboxylic acids is 1. The van der Waals surface area contributed by atoms with Crippen molar-refractivity contribution in [2.45, 2.75) is 44.7 Å². The number of hydrogen-bond acceptors (Lipinski definition) is 2. The predicted molar refractivity (Wildman–Crippen MR) is 58.1 cm³/mol. The molecule has 2 rings (SSSR count). The molecule has 0 aliphatic heterocycles. The maximum atomic E-state index is 11.9. The molecule has 5 nitrogen and oxygen atoms in total. The van der Waals surface area contributed by atoms with Crippen LogP contribution in [0.15, 0.2) is 0 Å². The van der Waals surface area contributed by atoms with Crippen LogP contribution in [0.2, 0.25) is 0 Å². The molecular weight excluding hydrogens is 208 g/mol. The number of carbonyl (C=O) groups is 2. The first kappa shape index (κ1) is 11.2. The van der Waals surface area contributed by atoms with Crippen LogP contribution in [0.25, 0.3) is 0 Å². The van der Waals surface area contributed by atoms with Crippen LogP contribution in [0.5, 0.6) is 0 Å². The summed E-state index contributed by atoms with van der Waals surface area (Å²) in [6.07, 6.45) is 4.51. The Morgan fingerprint density at radius 1 is 1.38 bits per heavy atom. The summed E-state index contributed by atoms with van der Waals surface area (Å²) >= 11 is 0. The molecule has 16 heavy (non-hydrogen) atoms. The van der Waals surface area contributed by atoms with Gasteiger partial charge in [0.1, 0.15) is 6.04 Å². The molecule has 0 saturated heterocycles. The molecule has 0 aromatic heterocycles. The number of hydrogen-bond donors (Lipinski definition) is 2. The zero-order valence-electron chi connectivity index (χ0n) is 9.48. The molecule has 2 saturated carbocycles. The number of urea groups is 1. The van der Waals surface area contributed by atoms with E-state index in [0.717, 1.165) is 19.4 Å². The minimum atomic E-state index is -0.990. The zero-order valence-corrected chi connectivity index (χ0v) is 9.48. The number of nitrogens with one attached hydrogen (secondary N) is 1. The number of nitrogens with zero attached hydrogens (tertiary/aromatic N) is 1. The Hall–Kier alpha value is -1.26. The standard InChI is InChI=1S/C11H18N2O3/c1-7(10(14)15)12-11(16)13(9-4-5-9)6-8-2-3-8/h7-9H,2-6H2,1H3,(H,12,16)(H,14,15)/t7-/m1/s1. The van der Waals surface area contributed by atoms with Gasteiger partial charge < -0.3 is 15.3 Å². The van der Waals surface area contributed by atoms with Crippen LogP contribution in [-0.4, -0.2) is 40.6 Å². The van der Waals surface area contributed by atoms with Crippen LogP contribution in [0.4, 0.5) is 4.79 Å². The molecule has 5 heteroatoms. The topological polar surface area (TPSA) is 69.6 Å². The molecule has 2 aliphatic rings. The van der Waals surface area contributed by atoms with Gasteiger partial charge in [0.2, 0.25) is 0 Å². The SMILES string of the molecule is C[C@@H](NC(=O)N(CC1CC1)C1CC1)C(=O)O. The molecule has 0 aromatic rings. The molecule has 0 spiro atoms. The van der Waals surface area contributed by atoms with Crippen LogP contribution in [-0.2, 0) is 4.79 Å². The van der Waals surface area contributed by atoms with Gasteiger partial charge in [0, 0.05) is 12.6 Å². The fraction of sp³-hybridized carbons (Fsp3) is 0.818. The molecular formula is C11H18N2O3. The highest BCUT2D eigenvalue weighted by molar-refractivity contribution is 5.82. The third kappa shape index (κ3) is 2.87. The monoisotopic (exact) mass is 226 g/mol. The summed E-state index contributed by atoms with van der Waals surface area (Å²) in [5.74, 6) is -0.345. The molecule has 0 radical (unpaired) electrons. The minimum absolute atomic E-state index is 0.218. The third-order valence-electron chi connectivity index (χ3n) is 3.11. The lowest BCUT2D eigenvalue weighted by atomic mass is 10.3. The van der Waals surface area contributed by atoms with Crippen molar-refractivity contribution in [1.29, 1.82) is 0 Å². The maximum absolute atomic E-state index is 11.9. The molecule has 2 amide bonds. The second-order valence-corrected chi connectivity index (χ2v) is 4.84. The second kappa shape index (κ2) is 4.31. The van der Waals surface area contributed by atoms with Gasteiger partial charge in [0.15, 0.2) is 0 Å². The Balaban J connectivity index is 1.85. The Kier molecular flexibility index (Phi) is 3.03. The van der Waals surface area contributed by atoms with Gasteiger partial charge in [-0.15, -0.1) is 0 Å². The van der Waals surface area contributed by atoms with Crippen molar-refractivity contribution in [3.05, 3.63) is 0 Å². The van der Waals surface area contributed by atoms with Crippen LogP contribution < -0.4 is 5.32 Å². The van der Waals surface area contributed by atoms with E-state index in [1.54, 1.807) is 0 Å². The Morgan fingerprint density at radius 2 is 2.00 bits per heavy atom. The van der Waals surface area contributed by atoms with E-state index in [1.165, 1.54) is 19.8 Å². The fourth-order valence-electron chi connectivity index (χ4n) is 1.69. The van der Waals surface area contributed by atoms with Crippen molar-refractivity contribution >= 4 is 12.0 Å². The molecule has 0 aromatic carbocycles. The van der Waals surface area contributed by atoms with Gasteiger partial charge in [0.05, 0.1) is 0 Å². The molecule has 2 aliphatic carbocycles. The Morgan fingerprint density at radius 3 is 2.44 bits per heavy atom. The van der Waals surface area contributed by atoms with Crippen molar-refractivity contribution in [2.75, 3.05) is 6.54 Å². The summed E-state index contributed by atoms with van der Waals surface area (Å²) in [6, 6.07) is -0.682. The highest BCUT2D eigenvalue weighted by Crippen LogP contribution is 2.34. The van der Waals surface area contributed by atoms with E-state index in [2.05, 4.69) is 5.32 Å². The highest BCUT2D eigenvalue weighted by Gasteiger charge is 2.37. The maximum Gasteiger partial charge on any atom is 0.325 e. The number of carboxylic acid groups (broad SMARTS) is 1. The Labute approximate surface area is 94.8 Å². The third-order valence-corrected chi connectivity index (χ3v) is 3.11. The molecule has 0 bridgehead atoms. The molecule has 1 atom stereocenters. The van der Waals surface area contributed by atoms with Crippen LogP contribution in [0.1, 0.15) is 32.6 Å². The zero-order chi connectivity index (χ0) is 11.7. The van der Waals surface area contributed by atoms with Gasteiger partial charge in [-0.05, 0) is 38.5 Å². The summed E-state index contributed by atoms with van der Waals surface area (Å²) < 4.78 is 0.